The molecule has 0 aromatic heterocycles. The van der Waals surface area contributed by atoms with Crippen molar-refractivity contribution in [2.75, 3.05) is 25.0 Å². The molecule has 1 aromatic carbocycles. The van der Waals surface area contributed by atoms with E-state index in [1.54, 1.807) is 0 Å². The minimum absolute atomic E-state index is 0.117. The zero-order valence-electron chi connectivity index (χ0n) is 16.1. The molecule has 4 nitrogen and oxygen atoms in total. The first-order chi connectivity index (χ1) is 12.5. The minimum Gasteiger partial charge on any atom is -0.506 e. The molecule has 1 aliphatic carbocycles. The number of ether oxygens (including phenoxy) is 1. The third-order valence-electron chi connectivity index (χ3n) is 6.14. The van der Waals surface area contributed by atoms with Gasteiger partial charge in [-0.2, -0.15) is 0 Å². The van der Waals surface area contributed by atoms with Gasteiger partial charge in [0.2, 0.25) is 0 Å². The van der Waals surface area contributed by atoms with E-state index in [1.807, 2.05) is 0 Å². The number of likely N-dealkylation sites (tertiary alicyclic amines) is 1. The fourth-order valence-corrected chi connectivity index (χ4v) is 4.39. The number of hydrogen-bond acceptors (Lipinski definition) is 4. The summed E-state index contributed by atoms with van der Waals surface area (Å²) in [6.45, 7) is 7.53. The maximum Gasteiger partial charge on any atom is 0.138 e. The van der Waals surface area contributed by atoms with E-state index < -0.39 is 0 Å². The van der Waals surface area contributed by atoms with E-state index in [4.69, 9.17) is 4.74 Å². The van der Waals surface area contributed by atoms with Crippen LogP contribution in [0.4, 0.5) is 10.1 Å². The normalized spacial score (nSPS) is 28.2. The second-order valence-corrected chi connectivity index (χ2v) is 8.13. The van der Waals surface area contributed by atoms with Crippen LogP contribution in [-0.4, -0.2) is 47.4 Å². The van der Waals surface area contributed by atoms with Crippen LogP contribution in [0.3, 0.4) is 0 Å². The zero-order valence-corrected chi connectivity index (χ0v) is 16.1. The monoisotopic (exact) mass is 364 g/mol. The number of nitrogens with zero attached hydrogens (tertiary/aromatic N) is 1. The van der Waals surface area contributed by atoms with Crippen molar-refractivity contribution in [3.63, 3.8) is 0 Å². The van der Waals surface area contributed by atoms with Gasteiger partial charge in [0, 0.05) is 37.3 Å². The average molecular weight is 365 g/mol. The molecule has 1 aliphatic heterocycles. The molecule has 0 unspecified atom stereocenters. The van der Waals surface area contributed by atoms with Gasteiger partial charge in [0.25, 0.3) is 0 Å². The number of phenolic OH excluding ortho intramolecular Hbond substituents is 1. The van der Waals surface area contributed by atoms with Crippen molar-refractivity contribution in [2.24, 2.45) is 0 Å². The Morgan fingerprint density at radius 1 is 1.23 bits per heavy atom. The molecule has 0 spiro atoms. The Morgan fingerprint density at radius 2 is 1.92 bits per heavy atom. The van der Waals surface area contributed by atoms with Crippen LogP contribution in [0.2, 0.25) is 0 Å². The lowest BCUT2D eigenvalue weighted by atomic mass is 9.79. The standard InChI is InChI=1S/C21H33FN2O2/c1-3-14-26-18-6-10-21(2,11-7-18)24-12-8-17(9-13-24)23-19-15-16(22)4-5-20(19)25/h4-5,15,17-18,23,25H,3,6-14H2,1-2H3. The van der Waals surface area contributed by atoms with Crippen LogP contribution in [0.1, 0.15) is 58.8 Å². The first kappa shape index (κ1) is 19.4. The van der Waals surface area contributed by atoms with Crippen molar-refractivity contribution >= 4 is 5.69 Å². The van der Waals surface area contributed by atoms with Crippen molar-refractivity contribution < 1.29 is 14.2 Å². The zero-order chi connectivity index (χ0) is 18.6. The van der Waals surface area contributed by atoms with Crippen molar-refractivity contribution in [1.82, 2.24) is 4.90 Å². The van der Waals surface area contributed by atoms with Crippen LogP contribution >= 0.6 is 0 Å². The molecule has 3 rings (SSSR count). The SMILES string of the molecule is CCCOC1CCC(C)(N2CCC(Nc3cc(F)ccc3O)CC2)CC1. The van der Waals surface area contributed by atoms with E-state index in [0.29, 0.717) is 11.8 Å². The molecule has 26 heavy (non-hydrogen) atoms. The summed E-state index contributed by atoms with van der Waals surface area (Å²) in [5.41, 5.74) is 0.779. The number of hydrogen-bond donors (Lipinski definition) is 2. The third-order valence-corrected chi connectivity index (χ3v) is 6.14. The van der Waals surface area contributed by atoms with Gasteiger partial charge in [-0.3, -0.25) is 4.90 Å². The number of nitrogens with one attached hydrogen (secondary N) is 1. The molecule has 0 amide bonds. The molecular formula is C21H33FN2O2. The number of phenols is 1. The molecule has 2 fully saturated rings. The predicted molar refractivity (Wildman–Crippen MR) is 103 cm³/mol. The predicted octanol–water partition coefficient (Wildman–Crippen LogP) is 4.54. The van der Waals surface area contributed by atoms with Crippen LogP contribution in [0.25, 0.3) is 0 Å². The van der Waals surface area contributed by atoms with Crippen LogP contribution in [-0.2, 0) is 4.74 Å². The summed E-state index contributed by atoms with van der Waals surface area (Å²) in [6.07, 6.45) is 8.28. The first-order valence-electron chi connectivity index (χ1n) is 10.1. The summed E-state index contributed by atoms with van der Waals surface area (Å²) in [5, 5.41) is 13.2. The summed E-state index contributed by atoms with van der Waals surface area (Å²) >= 11 is 0. The van der Waals surface area contributed by atoms with E-state index in [2.05, 4.69) is 24.1 Å². The number of piperidine rings is 1. The van der Waals surface area contributed by atoms with Gasteiger partial charge in [-0.15, -0.1) is 0 Å². The highest BCUT2D eigenvalue weighted by molar-refractivity contribution is 5.56. The Balaban J connectivity index is 1.48. The summed E-state index contributed by atoms with van der Waals surface area (Å²) in [6, 6.07) is 4.35. The minimum atomic E-state index is -0.322. The molecule has 0 atom stereocenters. The lowest BCUT2D eigenvalue weighted by molar-refractivity contribution is -0.0277. The second kappa shape index (κ2) is 8.57. The molecule has 0 radical (unpaired) electrons. The maximum absolute atomic E-state index is 13.4. The van der Waals surface area contributed by atoms with Gasteiger partial charge in [-0.05, 0) is 64.0 Å². The van der Waals surface area contributed by atoms with Crippen LogP contribution in [0.5, 0.6) is 5.75 Å². The van der Waals surface area contributed by atoms with Crippen LogP contribution in [0.15, 0.2) is 18.2 Å². The van der Waals surface area contributed by atoms with E-state index in [-0.39, 0.29) is 23.1 Å². The largest absolute Gasteiger partial charge is 0.506 e. The molecule has 1 heterocycles. The van der Waals surface area contributed by atoms with Gasteiger partial charge in [-0.25, -0.2) is 4.39 Å². The quantitative estimate of drug-likeness (QED) is 0.728. The topological polar surface area (TPSA) is 44.7 Å². The summed E-state index contributed by atoms with van der Waals surface area (Å²) in [5.74, 6) is -0.205. The van der Waals surface area contributed by atoms with Gasteiger partial charge in [-0.1, -0.05) is 6.92 Å². The van der Waals surface area contributed by atoms with Gasteiger partial charge in [0.1, 0.15) is 11.6 Å². The summed E-state index contributed by atoms with van der Waals surface area (Å²) in [4.78, 5) is 2.63. The van der Waals surface area contributed by atoms with Gasteiger partial charge < -0.3 is 15.2 Å². The van der Waals surface area contributed by atoms with Gasteiger partial charge in [0.15, 0.2) is 0 Å². The number of rotatable bonds is 6. The highest BCUT2D eigenvalue weighted by atomic mass is 19.1. The summed E-state index contributed by atoms with van der Waals surface area (Å²) in [7, 11) is 0. The third kappa shape index (κ3) is 4.68. The van der Waals surface area contributed by atoms with Gasteiger partial charge >= 0.3 is 0 Å². The highest BCUT2D eigenvalue weighted by Crippen LogP contribution is 2.37. The number of benzene rings is 1. The molecule has 5 heteroatoms. The molecule has 0 bridgehead atoms. The van der Waals surface area contributed by atoms with Crippen molar-refractivity contribution in [3.05, 3.63) is 24.0 Å². The Hall–Kier alpha value is -1.33. The Bertz CT molecular complexity index is 579. The van der Waals surface area contributed by atoms with Gasteiger partial charge in [0.05, 0.1) is 11.8 Å². The van der Waals surface area contributed by atoms with E-state index in [0.717, 1.165) is 51.8 Å². The Kier molecular flexibility index (Phi) is 6.41. The maximum atomic E-state index is 13.4. The van der Waals surface area contributed by atoms with E-state index in [9.17, 15) is 9.50 Å². The Labute approximate surface area is 156 Å². The highest BCUT2D eigenvalue weighted by Gasteiger charge is 2.38. The van der Waals surface area contributed by atoms with Crippen molar-refractivity contribution in [1.29, 1.82) is 0 Å². The summed E-state index contributed by atoms with van der Waals surface area (Å²) < 4.78 is 19.3. The fourth-order valence-electron chi connectivity index (χ4n) is 4.39. The molecule has 1 saturated heterocycles. The van der Waals surface area contributed by atoms with E-state index in [1.165, 1.54) is 31.0 Å². The van der Waals surface area contributed by atoms with Crippen LogP contribution in [0, 0.1) is 5.82 Å². The smallest absolute Gasteiger partial charge is 0.138 e. The first-order valence-corrected chi connectivity index (χ1v) is 10.1. The number of halogens is 1. The molecule has 2 N–H and O–H groups in total. The lowest BCUT2D eigenvalue weighted by Gasteiger charge is -2.48. The number of anilines is 1. The average Bonchev–Trinajstić information content (AvgIpc) is 2.65. The lowest BCUT2D eigenvalue weighted by Crippen LogP contribution is -2.53. The molecule has 2 aliphatic rings. The second-order valence-electron chi connectivity index (χ2n) is 8.13. The molecule has 146 valence electrons. The Morgan fingerprint density at radius 3 is 2.58 bits per heavy atom. The number of aromatic hydroxyl groups is 1. The van der Waals surface area contributed by atoms with Crippen molar-refractivity contribution in [2.45, 2.75) is 76.5 Å². The van der Waals surface area contributed by atoms with Crippen molar-refractivity contribution in [3.8, 4) is 5.75 Å². The van der Waals surface area contributed by atoms with E-state index >= 15 is 0 Å². The molecular weight excluding hydrogens is 331 g/mol. The molecule has 1 saturated carbocycles. The van der Waals surface area contributed by atoms with Crippen LogP contribution < -0.4 is 5.32 Å². The molecule has 1 aromatic rings. The fraction of sp³-hybridized carbons (Fsp3) is 0.714.